The van der Waals surface area contributed by atoms with Crippen molar-refractivity contribution in [1.82, 2.24) is 15.0 Å². The molecule has 0 unspecified atom stereocenters. The Morgan fingerprint density at radius 3 is 2.80 bits per heavy atom. The summed E-state index contributed by atoms with van der Waals surface area (Å²) in [7, 11) is 1.53. The number of hydrogen-bond acceptors (Lipinski definition) is 3. The average Bonchev–Trinajstić information content (AvgIpc) is 2.48. The van der Waals surface area contributed by atoms with Crippen LogP contribution < -0.4 is 5.48 Å². The van der Waals surface area contributed by atoms with Crippen LogP contribution in [0.3, 0.4) is 0 Å². The van der Waals surface area contributed by atoms with E-state index in [1.807, 2.05) is 0 Å². The summed E-state index contributed by atoms with van der Waals surface area (Å²) in [5, 5.41) is 0. The van der Waals surface area contributed by atoms with Gasteiger partial charge in [0.05, 0.1) is 0 Å². The highest BCUT2D eigenvalue weighted by atomic mass is 19.4. The first-order chi connectivity index (χ1) is 6.90. The molecule has 1 heterocycles. The van der Waals surface area contributed by atoms with Gasteiger partial charge in [-0.3, -0.25) is 9.63 Å². The summed E-state index contributed by atoms with van der Waals surface area (Å²) < 4.78 is 36.2. The van der Waals surface area contributed by atoms with Crippen molar-refractivity contribution >= 4 is 5.91 Å². The van der Waals surface area contributed by atoms with Crippen LogP contribution in [0.15, 0.2) is 12.4 Å². The standard InChI is InChI=1S/C7H8F3N3O2/c1-13-3-2-11-5(13)6(14)12-15-4-7(8,9)10/h2-3H,4H2,1H3,(H,12,14). The van der Waals surface area contributed by atoms with Gasteiger partial charge in [0.25, 0.3) is 0 Å². The SMILES string of the molecule is Cn1ccnc1C(=O)NOCC(F)(F)F. The Labute approximate surface area is 82.8 Å². The van der Waals surface area contributed by atoms with Crippen molar-refractivity contribution in [3.63, 3.8) is 0 Å². The van der Waals surface area contributed by atoms with Crippen LogP contribution in [-0.2, 0) is 11.9 Å². The number of aryl methyl sites for hydroxylation is 1. The van der Waals surface area contributed by atoms with Crippen LogP contribution in [0.4, 0.5) is 13.2 Å². The molecule has 1 aromatic heterocycles. The van der Waals surface area contributed by atoms with Gasteiger partial charge in [0.2, 0.25) is 5.82 Å². The Balaban J connectivity index is 2.41. The quantitative estimate of drug-likeness (QED) is 0.765. The zero-order chi connectivity index (χ0) is 11.5. The smallest absolute Gasteiger partial charge is 0.330 e. The number of rotatable bonds is 3. The van der Waals surface area contributed by atoms with E-state index in [4.69, 9.17) is 0 Å². The molecule has 84 valence electrons. The van der Waals surface area contributed by atoms with Crippen molar-refractivity contribution in [2.45, 2.75) is 6.18 Å². The summed E-state index contributed by atoms with van der Waals surface area (Å²) in [5.74, 6) is -0.857. The highest BCUT2D eigenvalue weighted by molar-refractivity contribution is 5.89. The number of nitrogens with zero attached hydrogens (tertiary/aromatic N) is 2. The number of nitrogens with one attached hydrogen (secondary N) is 1. The van der Waals surface area contributed by atoms with Crippen LogP contribution in [0.2, 0.25) is 0 Å². The third-order valence-corrected chi connectivity index (χ3v) is 1.42. The van der Waals surface area contributed by atoms with Crippen LogP contribution >= 0.6 is 0 Å². The number of imidazole rings is 1. The molecule has 0 bridgehead atoms. The van der Waals surface area contributed by atoms with Gasteiger partial charge < -0.3 is 4.57 Å². The summed E-state index contributed by atoms with van der Waals surface area (Å²) in [5.41, 5.74) is 1.64. The van der Waals surface area contributed by atoms with Crippen LogP contribution in [0.25, 0.3) is 0 Å². The number of hydrogen-bond donors (Lipinski definition) is 1. The van der Waals surface area contributed by atoms with E-state index in [0.717, 1.165) is 0 Å². The van der Waals surface area contributed by atoms with E-state index >= 15 is 0 Å². The van der Waals surface area contributed by atoms with E-state index in [2.05, 4.69) is 9.82 Å². The fraction of sp³-hybridized carbons (Fsp3) is 0.429. The van der Waals surface area contributed by atoms with Gasteiger partial charge in [0, 0.05) is 19.4 Å². The average molecular weight is 223 g/mol. The molecule has 0 spiro atoms. The molecule has 0 aliphatic rings. The second-order valence-corrected chi connectivity index (χ2v) is 2.70. The molecule has 0 aromatic carbocycles. The van der Waals surface area contributed by atoms with Gasteiger partial charge in [-0.1, -0.05) is 0 Å². The third kappa shape index (κ3) is 3.58. The van der Waals surface area contributed by atoms with Crippen LogP contribution in [0.5, 0.6) is 0 Å². The first-order valence-corrected chi connectivity index (χ1v) is 3.86. The van der Waals surface area contributed by atoms with E-state index in [9.17, 15) is 18.0 Å². The Kier molecular flexibility index (Phi) is 3.30. The van der Waals surface area contributed by atoms with E-state index in [1.165, 1.54) is 24.0 Å². The lowest BCUT2D eigenvalue weighted by Crippen LogP contribution is -2.31. The van der Waals surface area contributed by atoms with E-state index in [-0.39, 0.29) is 5.82 Å². The number of carbonyl (C=O) groups excluding carboxylic acids is 1. The number of aromatic nitrogens is 2. The van der Waals surface area contributed by atoms with Gasteiger partial charge in [-0.15, -0.1) is 0 Å². The fourth-order valence-electron chi connectivity index (χ4n) is 0.814. The maximum atomic E-state index is 11.6. The molecule has 0 radical (unpaired) electrons. The second-order valence-electron chi connectivity index (χ2n) is 2.70. The first kappa shape index (κ1) is 11.5. The molecule has 0 fully saturated rings. The number of alkyl halides is 3. The van der Waals surface area contributed by atoms with Crippen LogP contribution in [0, 0.1) is 0 Å². The number of halogens is 3. The fourth-order valence-corrected chi connectivity index (χ4v) is 0.814. The highest BCUT2D eigenvalue weighted by Crippen LogP contribution is 2.13. The van der Waals surface area contributed by atoms with Crippen molar-refractivity contribution in [1.29, 1.82) is 0 Å². The molecule has 1 N–H and O–H groups in total. The Morgan fingerprint density at radius 2 is 2.33 bits per heavy atom. The lowest BCUT2D eigenvalue weighted by atomic mass is 10.6. The molecule has 1 amide bonds. The van der Waals surface area contributed by atoms with Crippen molar-refractivity contribution in [3.8, 4) is 0 Å². The van der Waals surface area contributed by atoms with Crippen molar-refractivity contribution in [2.24, 2.45) is 7.05 Å². The minimum absolute atomic E-state index is 0.0304. The normalized spacial score (nSPS) is 11.5. The third-order valence-electron chi connectivity index (χ3n) is 1.42. The lowest BCUT2D eigenvalue weighted by Gasteiger charge is -2.07. The highest BCUT2D eigenvalue weighted by Gasteiger charge is 2.28. The summed E-state index contributed by atoms with van der Waals surface area (Å²) >= 11 is 0. The van der Waals surface area contributed by atoms with Crippen LogP contribution in [-0.4, -0.2) is 28.2 Å². The van der Waals surface area contributed by atoms with Crippen molar-refractivity contribution in [3.05, 3.63) is 18.2 Å². The molecule has 1 rings (SSSR count). The number of amides is 1. The predicted molar refractivity (Wildman–Crippen MR) is 42.7 cm³/mol. The molecule has 1 aromatic rings. The zero-order valence-corrected chi connectivity index (χ0v) is 7.71. The minimum Gasteiger partial charge on any atom is -0.330 e. The molecule has 0 saturated carbocycles. The van der Waals surface area contributed by atoms with Gasteiger partial charge in [0.15, 0.2) is 6.61 Å². The summed E-state index contributed by atoms with van der Waals surface area (Å²) in [6.45, 7) is -1.54. The number of carbonyl (C=O) groups is 1. The van der Waals surface area contributed by atoms with Gasteiger partial charge in [-0.25, -0.2) is 10.5 Å². The van der Waals surface area contributed by atoms with Gasteiger partial charge in [0.1, 0.15) is 0 Å². The first-order valence-electron chi connectivity index (χ1n) is 3.86. The Morgan fingerprint density at radius 1 is 1.67 bits per heavy atom. The summed E-state index contributed by atoms with van der Waals surface area (Å²) in [6.07, 6.45) is -1.65. The van der Waals surface area contributed by atoms with Crippen molar-refractivity contribution < 1.29 is 22.8 Å². The molecule has 5 nitrogen and oxygen atoms in total. The molecular formula is C7H8F3N3O2. The zero-order valence-electron chi connectivity index (χ0n) is 7.71. The molecule has 15 heavy (non-hydrogen) atoms. The van der Waals surface area contributed by atoms with Crippen LogP contribution in [0.1, 0.15) is 10.6 Å². The number of hydroxylamine groups is 1. The van der Waals surface area contributed by atoms with E-state index in [1.54, 1.807) is 5.48 Å². The largest absolute Gasteiger partial charge is 0.414 e. The lowest BCUT2D eigenvalue weighted by molar-refractivity contribution is -0.184. The van der Waals surface area contributed by atoms with Gasteiger partial charge >= 0.3 is 12.1 Å². The molecular weight excluding hydrogens is 215 g/mol. The molecule has 0 atom stereocenters. The second kappa shape index (κ2) is 4.30. The predicted octanol–water partition coefficient (Wildman–Crippen LogP) is 0.644. The minimum atomic E-state index is -4.48. The van der Waals surface area contributed by atoms with E-state index < -0.39 is 18.7 Å². The Hall–Kier alpha value is -1.57. The topological polar surface area (TPSA) is 56.2 Å². The van der Waals surface area contributed by atoms with Gasteiger partial charge in [-0.2, -0.15) is 13.2 Å². The Bertz CT molecular complexity index is 347. The molecule has 0 saturated heterocycles. The monoisotopic (exact) mass is 223 g/mol. The summed E-state index contributed by atoms with van der Waals surface area (Å²) in [4.78, 5) is 18.7. The van der Waals surface area contributed by atoms with Gasteiger partial charge in [-0.05, 0) is 0 Å². The van der Waals surface area contributed by atoms with E-state index in [0.29, 0.717) is 0 Å². The summed E-state index contributed by atoms with van der Waals surface area (Å²) in [6, 6.07) is 0. The maximum Gasteiger partial charge on any atom is 0.414 e. The maximum absolute atomic E-state index is 11.6. The molecule has 0 aliphatic carbocycles. The molecule has 0 aliphatic heterocycles. The molecule has 8 heteroatoms. The van der Waals surface area contributed by atoms with Crippen molar-refractivity contribution in [2.75, 3.05) is 6.61 Å².